The van der Waals surface area contributed by atoms with Crippen molar-refractivity contribution in [2.45, 2.75) is 32.4 Å². The normalized spacial score (nSPS) is 12.2. The first-order valence-electron chi connectivity index (χ1n) is 13.1. The number of hydrazone groups is 1. The molecule has 0 radical (unpaired) electrons. The molecule has 0 fully saturated rings. The molecule has 0 aromatic heterocycles. The number of benzene rings is 3. The molecule has 2 atom stereocenters. The van der Waals surface area contributed by atoms with E-state index in [4.69, 9.17) is 42.1 Å². The second-order valence-electron chi connectivity index (χ2n) is 8.95. The largest absolute Gasteiger partial charge is 0.493 e. The summed E-state index contributed by atoms with van der Waals surface area (Å²) in [6.45, 7) is 3.24. The van der Waals surface area contributed by atoms with Crippen LogP contribution in [0, 0.1) is 3.57 Å². The van der Waals surface area contributed by atoms with Gasteiger partial charge in [0.15, 0.2) is 24.2 Å². The molecule has 0 unspecified atom stereocenters. The molecule has 0 aliphatic rings. The van der Waals surface area contributed by atoms with Crippen LogP contribution in [0.25, 0.3) is 0 Å². The summed E-state index contributed by atoms with van der Waals surface area (Å²) in [5, 5.41) is 7.50. The number of rotatable bonds is 14. The van der Waals surface area contributed by atoms with E-state index in [0.29, 0.717) is 25.7 Å². The number of ether oxygens (including phenoxy) is 4. The summed E-state index contributed by atoms with van der Waals surface area (Å²) < 4.78 is 22.2. The van der Waals surface area contributed by atoms with Gasteiger partial charge in [0, 0.05) is 11.4 Å². The van der Waals surface area contributed by atoms with Gasteiger partial charge < -0.3 is 24.3 Å². The van der Waals surface area contributed by atoms with Gasteiger partial charge in [0.2, 0.25) is 0 Å². The van der Waals surface area contributed by atoms with Gasteiger partial charge in [-0.15, -0.1) is 0 Å². The molecule has 0 aliphatic heterocycles. The Bertz CT molecular complexity index is 1460. The molecule has 2 N–H and O–H groups in total. The Morgan fingerprint density at radius 1 is 1.02 bits per heavy atom. The molecule has 0 spiro atoms. The first-order chi connectivity index (χ1) is 20.6. The van der Waals surface area contributed by atoms with Gasteiger partial charge in [0.1, 0.15) is 11.8 Å². The van der Waals surface area contributed by atoms with Crippen LogP contribution in [0.4, 0.5) is 0 Å². The van der Waals surface area contributed by atoms with Gasteiger partial charge in [-0.3, -0.25) is 9.59 Å². The van der Waals surface area contributed by atoms with E-state index >= 15 is 0 Å². The van der Waals surface area contributed by atoms with Crippen molar-refractivity contribution in [2.75, 3.05) is 20.3 Å². The third kappa shape index (κ3) is 10.6. The van der Waals surface area contributed by atoms with Crippen LogP contribution >= 0.6 is 45.8 Å². The Labute approximate surface area is 273 Å². The lowest BCUT2D eigenvalue weighted by atomic mass is 10.1. The Morgan fingerprint density at radius 2 is 1.77 bits per heavy atom. The Kier molecular flexibility index (Phi) is 13.4. The number of esters is 1. The van der Waals surface area contributed by atoms with Gasteiger partial charge in [-0.25, -0.2) is 10.2 Å². The monoisotopic (exact) mass is 741 g/mol. The molecule has 228 valence electrons. The van der Waals surface area contributed by atoms with E-state index in [9.17, 15) is 14.4 Å². The minimum atomic E-state index is -0.966. The van der Waals surface area contributed by atoms with Crippen molar-refractivity contribution >= 4 is 69.8 Å². The zero-order valence-corrected chi connectivity index (χ0v) is 27.2. The number of carbonyl (C=O) groups is 3. The molecule has 0 saturated carbocycles. The lowest BCUT2D eigenvalue weighted by Crippen LogP contribution is -2.50. The van der Waals surface area contributed by atoms with Gasteiger partial charge in [-0.2, -0.15) is 5.10 Å². The second-order valence-corrected chi connectivity index (χ2v) is 11.0. The van der Waals surface area contributed by atoms with Crippen LogP contribution in [-0.4, -0.2) is 56.5 Å². The van der Waals surface area contributed by atoms with Crippen molar-refractivity contribution in [3.05, 3.63) is 85.4 Å². The van der Waals surface area contributed by atoms with Crippen LogP contribution in [0.3, 0.4) is 0 Å². The van der Waals surface area contributed by atoms with Gasteiger partial charge in [-0.05, 0) is 77.9 Å². The van der Waals surface area contributed by atoms with E-state index in [1.807, 2.05) is 52.9 Å². The average molecular weight is 742 g/mol. The number of amides is 2. The molecule has 3 aromatic rings. The van der Waals surface area contributed by atoms with Gasteiger partial charge in [0.25, 0.3) is 11.8 Å². The molecule has 0 bridgehead atoms. The number of nitrogens with zero attached hydrogens (tertiary/aromatic N) is 1. The molecular formula is C30H30Cl2IN3O7. The topological polar surface area (TPSA) is 125 Å². The van der Waals surface area contributed by atoms with Gasteiger partial charge >= 0.3 is 5.97 Å². The minimum Gasteiger partial charge on any atom is -0.493 e. The first kappa shape index (κ1) is 33.9. The maximum absolute atomic E-state index is 13.2. The molecule has 0 heterocycles. The summed E-state index contributed by atoms with van der Waals surface area (Å²) in [7, 11) is 1.47. The second kappa shape index (κ2) is 16.9. The minimum absolute atomic E-state index is 0.209. The number of halogens is 3. The van der Waals surface area contributed by atoms with Crippen LogP contribution in [0.15, 0.2) is 65.8 Å². The van der Waals surface area contributed by atoms with E-state index in [1.165, 1.54) is 19.4 Å². The molecule has 13 heteroatoms. The number of hydrogen-bond acceptors (Lipinski definition) is 8. The third-order valence-electron chi connectivity index (χ3n) is 5.76. The summed E-state index contributed by atoms with van der Waals surface area (Å²) in [6.07, 6.45) is 0.667. The fraction of sp³-hybridized carbons (Fsp3) is 0.267. The van der Waals surface area contributed by atoms with E-state index in [0.717, 1.165) is 5.56 Å². The van der Waals surface area contributed by atoms with E-state index in [1.54, 1.807) is 38.1 Å². The van der Waals surface area contributed by atoms with Crippen molar-refractivity contribution in [3.63, 3.8) is 0 Å². The number of carbonyl (C=O) groups excluding carboxylic acids is 3. The Morgan fingerprint density at radius 3 is 2.44 bits per heavy atom. The highest BCUT2D eigenvalue weighted by Gasteiger charge is 2.25. The van der Waals surface area contributed by atoms with Crippen LogP contribution in [0.2, 0.25) is 10.0 Å². The summed E-state index contributed by atoms with van der Waals surface area (Å²) in [5.74, 6) is -0.539. The molecule has 0 aliphatic carbocycles. The van der Waals surface area contributed by atoms with Crippen molar-refractivity contribution in [1.82, 2.24) is 10.7 Å². The first-order valence-corrected chi connectivity index (χ1v) is 14.9. The smallest absolute Gasteiger partial charge is 0.344 e. The molecule has 2 amide bonds. The molecule has 0 saturated heterocycles. The number of methoxy groups -OCH3 is 1. The predicted octanol–water partition coefficient (Wildman–Crippen LogP) is 5.19. The maximum atomic E-state index is 13.2. The number of hydrogen-bond donors (Lipinski definition) is 2. The quantitative estimate of drug-likeness (QED) is 0.101. The fourth-order valence-electron chi connectivity index (χ4n) is 3.70. The molecular weight excluding hydrogens is 712 g/mol. The standard InChI is InChI=1S/C30H30Cl2IN3O7/c1-4-41-27(37)17-42-28-23(33)12-20(14-26(28)40-3)16-34-36-30(39)24(13-19-8-6-5-7-9-19)35-29(38)18(2)43-25-11-10-21(31)15-22(25)32/h5-12,14-16,18,24H,4,13,17H2,1-3H3,(H,35,38)(H,36,39)/b34-16-/t18-,24-/m1/s1. The number of nitrogens with one attached hydrogen (secondary N) is 2. The molecule has 3 aromatic carbocycles. The summed E-state index contributed by atoms with van der Waals surface area (Å²) in [6, 6.07) is 16.3. The molecule has 3 rings (SSSR count). The molecule has 43 heavy (non-hydrogen) atoms. The summed E-state index contributed by atoms with van der Waals surface area (Å²) >= 11 is 14.2. The van der Waals surface area contributed by atoms with Crippen molar-refractivity contribution in [1.29, 1.82) is 0 Å². The fourth-order valence-corrected chi connectivity index (χ4v) is 4.93. The highest BCUT2D eigenvalue weighted by molar-refractivity contribution is 14.1. The van der Waals surface area contributed by atoms with E-state index in [-0.39, 0.29) is 30.4 Å². The van der Waals surface area contributed by atoms with Crippen molar-refractivity contribution < 1.29 is 33.3 Å². The van der Waals surface area contributed by atoms with Crippen LogP contribution < -0.4 is 25.0 Å². The van der Waals surface area contributed by atoms with Crippen molar-refractivity contribution in [3.8, 4) is 17.2 Å². The zero-order chi connectivity index (χ0) is 31.4. The van der Waals surface area contributed by atoms with Crippen LogP contribution in [-0.2, 0) is 25.5 Å². The lowest BCUT2D eigenvalue weighted by molar-refractivity contribution is -0.145. The van der Waals surface area contributed by atoms with Gasteiger partial charge in [-0.1, -0.05) is 53.5 Å². The van der Waals surface area contributed by atoms with Gasteiger partial charge in [0.05, 0.1) is 28.5 Å². The molecule has 10 nitrogen and oxygen atoms in total. The summed E-state index contributed by atoms with van der Waals surface area (Å²) in [4.78, 5) is 37.9. The lowest BCUT2D eigenvalue weighted by Gasteiger charge is -2.21. The summed E-state index contributed by atoms with van der Waals surface area (Å²) in [5.41, 5.74) is 3.92. The Balaban J connectivity index is 1.70. The van der Waals surface area contributed by atoms with Crippen molar-refractivity contribution in [2.24, 2.45) is 5.10 Å². The third-order valence-corrected chi connectivity index (χ3v) is 7.09. The van der Waals surface area contributed by atoms with Crippen LogP contribution in [0.1, 0.15) is 25.0 Å². The van der Waals surface area contributed by atoms with E-state index < -0.39 is 29.9 Å². The zero-order valence-electron chi connectivity index (χ0n) is 23.6. The highest BCUT2D eigenvalue weighted by atomic mass is 127. The Hall–Kier alpha value is -3.55. The van der Waals surface area contributed by atoms with Crippen LogP contribution in [0.5, 0.6) is 17.2 Å². The average Bonchev–Trinajstić information content (AvgIpc) is 2.98. The maximum Gasteiger partial charge on any atom is 0.344 e. The predicted molar refractivity (Wildman–Crippen MR) is 172 cm³/mol. The SMILES string of the molecule is CCOC(=O)COc1c(I)cc(/C=N\NC(=O)[C@@H](Cc2ccccc2)NC(=O)[C@@H](C)Oc2ccc(Cl)cc2Cl)cc1OC. The van der Waals surface area contributed by atoms with E-state index in [2.05, 4.69) is 15.8 Å². The highest BCUT2D eigenvalue weighted by Crippen LogP contribution is 2.33.